The third-order valence-electron chi connectivity index (χ3n) is 11.3. The lowest BCUT2D eigenvalue weighted by Crippen LogP contribution is -2.62. The Morgan fingerprint density at radius 1 is 1.26 bits per heavy atom. The zero-order chi connectivity index (χ0) is 30.5. The van der Waals surface area contributed by atoms with Crippen molar-refractivity contribution in [3.8, 4) is 5.75 Å². The van der Waals surface area contributed by atoms with Crippen LogP contribution in [0.2, 0.25) is 5.21 Å². The Kier molecular flexibility index (Phi) is 8.39. The van der Waals surface area contributed by atoms with Crippen molar-refractivity contribution in [3.05, 3.63) is 48.1 Å². The molecule has 0 aromatic heterocycles. The molecule has 3 radical (unpaired) electrons. The number of Topliss-reactive ketones (excluding diaryl/α,β-unsaturated/α-hetero) is 1. The molecular formula is C34H46B2NO5. The molecule has 0 spiro atoms. The molecule has 0 saturated heterocycles. The number of carbonyl (C=O) groups excluding carboxylic acids is 2. The normalized spacial score (nSPS) is 38.4. The number of ether oxygens (including phenoxy) is 1. The van der Waals surface area contributed by atoms with E-state index < -0.39 is 27.7 Å². The van der Waals surface area contributed by atoms with Gasteiger partial charge in [-0.25, -0.2) is 0 Å². The minimum Gasteiger partial charge on any atom is -0.486 e. The largest absolute Gasteiger partial charge is 0.486 e. The number of hydrogen-bond donors (Lipinski definition) is 3. The molecule has 1 aromatic carbocycles. The average Bonchev–Trinajstić information content (AvgIpc) is 3.21. The molecule has 3 saturated carbocycles. The number of benzene rings is 1. The number of hydrogen-bond acceptors (Lipinski definition) is 6. The van der Waals surface area contributed by atoms with Crippen LogP contribution >= 0.6 is 0 Å². The van der Waals surface area contributed by atoms with E-state index in [1.807, 2.05) is 39.5 Å². The molecular weight excluding hydrogens is 524 g/mol. The van der Waals surface area contributed by atoms with Crippen LogP contribution < -0.4 is 9.96 Å². The Balaban J connectivity index is 1.25. The van der Waals surface area contributed by atoms with E-state index in [1.165, 1.54) is 0 Å². The molecule has 3 fully saturated rings. The second-order valence-electron chi connectivity index (χ2n) is 14.3. The molecule has 2 unspecified atom stereocenters. The lowest BCUT2D eigenvalue weighted by atomic mass is 9.45. The number of unbranched alkanes of at least 4 members (excludes halogenated alkanes) is 1. The van der Waals surface area contributed by atoms with Crippen molar-refractivity contribution in [2.24, 2.45) is 34.5 Å². The molecule has 5 rings (SSSR count). The number of anilines is 1. The van der Waals surface area contributed by atoms with E-state index in [9.17, 15) is 19.8 Å². The molecule has 1 aromatic rings. The zero-order valence-corrected chi connectivity index (χ0v) is 25.9. The van der Waals surface area contributed by atoms with Gasteiger partial charge in [-0.05, 0) is 79.9 Å². The van der Waals surface area contributed by atoms with Crippen LogP contribution in [0.4, 0.5) is 5.69 Å². The second-order valence-corrected chi connectivity index (χ2v) is 14.3. The van der Waals surface area contributed by atoms with Crippen LogP contribution in [0.3, 0.4) is 0 Å². The molecule has 8 heteroatoms. The summed E-state index contributed by atoms with van der Waals surface area (Å²) in [5.74, 6) is 0.608. The van der Waals surface area contributed by atoms with Crippen LogP contribution in [0.25, 0.3) is 0 Å². The first-order valence-corrected chi connectivity index (χ1v) is 15.8. The van der Waals surface area contributed by atoms with Crippen LogP contribution in [-0.4, -0.2) is 55.4 Å². The first kappa shape index (κ1) is 31.1. The number of carbonyl (C=O) groups is 2. The Morgan fingerprint density at radius 3 is 2.67 bits per heavy atom. The van der Waals surface area contributed by atoms with E-state index in [2.05, 4.69) is 26.0 Å². The molecule has 4 aliphatic carbocycles. The van der Waals surface area contributed by atoms with Crippen molar-refractivity contribution in [1.29, 1.82) is 0 Å². The summed E-state index contributed by atoms with van der Waals surface area (Å²) in [7, 11) is 8.25. The van der Waals surface area contributed by atoms with E-state index in [0.29, 0.717) is 18.6 Å². The third-order valence-corrected chi connectivity index (χ3v) is 11.3. The highest BCUT2D eigenvalue weighted by Gasteiger charge is 2.68. The van der Waals surface area contributed by atoms with Crippen LogP contribution in [-0.2, 0) is 9.59 Å². The lowest BCUT2D eigenvalue weighted by Gasteiger charge is -2.60. The fourth-order valence-corrected chi connectivity index (χ4v) is 9.01. The molecule has 0 amide bonds. The number of ketones is 2. The number of aliphatic hydroxyl groups is 2. The maximum absolute atomic E-state index is 13.7. The fourth-order valence-electron chi connectivity index (χ4n) is 9.01. The Bertz CT molecular complexity index is 1260. The van der Waals surface area contributed by atoms with Gasteiger partial charge in [0.25, 0.3) is 0 Å². The topological polar surface area (TPSA) is 95.9 Å². The first-order valence-electron chi connectivity index (χ1n) is 15.8. The minimum absolute atomic E-state index is 0.00828. The van der Waals surface area contributed by atoms with Gasteiger partial charge >= 0.3 is 0 Å². The van der Waals surface area contributed by atoms with Gasteiger partial charge in [0, 0.05) is 22.4 Å². The number of nitrogens with one attached hydrogen (secondary N) is 1. The summed E-state index contributed by atoms with van der Waals surface area (Å²) in [4.78, 5) is 25.9. The van der Waals surface area contributed by atoms with Gasteiger partial charge in [0.05, 0.1) is 14.0 Å². The van der Waals surface area contributed by atoms with Gasteiger partial charge in [-0.15, -0.1) is 0 Å². The SMILES string of the molecule is [B]C(C)([B]Nc1ccc(OCC(=O)[C@@]2(O)CCC3[C@@H]4C[C@H](C)C5=CC(=O)C=C[C@]5(C)[C@H]4[C@@H](O)C[C@@]32C)cc1)CCCC. The van der Waals surface area contributed by atoms with Gasteiger partial charge in [0.2, 0.25) is 13.2 Å². The van der Waals surface area contributed by atoms with Gasteiger partial charge in [-0.1, -0.05) is 70.7 Å². The lowest BCUT2D eigenvalue weighted by molar-refractivity contribution is -0.179. The molecule has 223 valence electrons. The van der Waals surface area contributed by atoms with Crippen molar-refractivity contribution in [3.63, 3.8) is 0 Å². The highest BCUT2D eigenvalue weighted by Crippen LogP contribution is 2.67. The van der Waals surface area contributed by atoms with E-state index in [0.717, 1.165) is 43.4 Å². The summed E-state index contributed by atoms with van der Waals surface area (Å²) in [5.41, 5.74) is -0.743. The molecule has 0 heterocycles. The molecule has 6 nitrogen and oxygen atoms in total. The van der Waals surface area contributed by atoms with Crippen molar-refractivity contribution in [2.75, 3.05) is 11.8 Å². The van der Waals surface area contributed by atoms with Crippen molar-refractivity contribution in [1.82, 2.24) is 0 Å². The maximum Gasteiger partial charge on any atom is 0.240 e. The zero-order valence-electron chi connectivity index (χ0n) is 25.9. The van der Waals surface area contributed by atoms with Crippen LogP contribution in [0.5, 0.6) is 5.75 Å². The van der Waals surface area contributed by atoms with Gasteiger partial charge in [0.15, 0.2) is 5.78 Å². The van der Waals surface area contributed by atoms with E-state index >= 15 is 0 Å². The van der Waals surface area contributed by atoms with Crippen LogP contribution in [0.15, 0.2) is 48.1 Å². The van der Waals surface area contributed by atoms with E-state index in [-0.39, 0.29) is 41.8 Å². The van der Waals surface area contributed by atoms with Crippen LogP contribution in [0, 0.1) is 34.5 Å². The Morgan fingerprint density at radius 2 is 1.98 bits per heavy atom. The molecule has 9 atom stereocenters. The summed E-state index contributed by atoms with van der Waals surface area (Å²) in [6.07, 6.45) is 10.0. The predicted molar refractivity (Wildman–Crippen MR) is 167 cm³/mol. The van der Waals surface area contributed by atoms with Crippen LogP contribution in [0.1, 0.15) is 79.6 Å². The summed E-state index contributed by atoms with van der Waals surface area (Å²) < 4.78 is 5.89. The van der Waals surface area contributed by atoms with E-state index in [4.69, 9.17) is 12.6 Å². The Hall–Kier alpha value is -2.31. The predicted octanol–water partition coefficient (Wildman–Crippen LogP) is 5.42. The smallest absolute Gasteiger partial charge is 0.240 e. The van der Waals surface area contributed by atoms with Crippen molar-refractivity contribution >= 4 is 32.5 Å². The molecule has 4 aliphatic rings. The number of fused-ring (bicyclic) bond motifs is 5. The molecule has 0 aliphatic heterocycles. The fraction of sp³-hybridized carbons (Fsp3) is 0.647. The van der Waals surface area contributed by atoms with Gasteiger partial charge < -0.3 is 20.2 Å². The number of rotatable bonds is 10. The third kappa shape index (κ3) is 5.32. The molecule has 42 heavy (non-hydrogen) atoms. The second kappa shape index (κ2) is 11.3. The Labute approximate surface area is 253 Å². The quantitative estimate of drug-likeness (QED) is 0.326. The van der Waals surface area contributed by atoms with Crippen molar-refractivity contribution < 1.29 is 24.5 Å². The van der Waals surface area contributed by atoms with Crippen molar-refractivity contribution in [2.45, 2.75) is 96.5 Å². The molecule has 0 bridgehead atoms. The highest BCUT2D eigenvalue weighted by molar-refractivity contribution is 6.56. The maximum atomic E-state index is 13.7. The van der Waals surface area contributed by atoms with Gasteiger partial charge in [0.1, 0.15) is 18.0 Å². The minimum atomic E-state index is -1.57. The summed E-state index contributed by atoms with van der Waals surface area (Å²) in [6, 6.07) is 7.37. The molecule has 3 N–H and O–H groups in total. The summed E-state index contributed by atoms with van der Waals surface area (Å²) in [5, 5.41) is 26.5. The average molecular weight is 570 g/mol. The van der Waals surface area contributed by atoms with E-state index in [1.54, 1.807) is 24.3 Å². The monoisotopic (exact) mass is 570 g/mol. The number of aliphatic hydroxyl groups excluding tert-OH is 1. The number of allylic oxidation sites excluding steroid dienone is 4. The summed E-state index contributed by atoms with van der Waals surface area (Å²) >= 11 is 0. The summed E-state index contributed by atoms with van der Waals surface area (Å²) in [6.45, 7) is 10.2. The standard InChI is InChI=1S/C34H46B2NO5/c1-6-7-14-33(5,35)36-37-22-8-10-24(11-9-22)42-20-29(40)34(41)16-13-26-25-17-21(2)27-18-23(38)12-15-31(27,3)30(25)28(39)19-32(26,34)4/h8-12,15,18,21,25-26,28,30,37,39,41H,6-7,13-14,16-17,19-20H2,1-5H3/t21-,25-,26?,28-,30+,31-,32-,33?,34-/m0/s1. The highest BCUT2D eigenvalue weighted by atomic mass is 16.5. The van der Waals surface area contributed by atoms with Gasteiger partial charge in [-0.2, -0.15) is 0 Å². The van der Waals surface area contributed by atoms with Gasteiger partial charge in [-0.3, -0.25) is 9.59 Å². The first-order chi connectivity index (χ1) is 19.7.